The van der Waals surface area contributed by atoms with E-state index in [1.54, 1.807) is 14.2 Å². The summed E-state index contributed by atoms with van der Waals surface area (Å²) in [5.41, 5.74) is 3.10. The van der Waals surface area contributed by atoms with Crippen LogP contribution in [0.4, 0.5) is 5.69 Å². The molecule has 2 rings (SSSR count). The molecule has 128 valence electrons. The average Bonchev–Trinajstić information content (AvgIpc) is 2.60. The second-order valence-corrected chi connectivity index (χ2v) is 6.05. The minimum atomic E-state index is -0.00548. The van der Waals surface area contributed by atoms with Crippen molar-refractivity contribution in [1.82, 2.24) is 0 Å². The van der Waals surface area contributed by atoms with Gasteiger partial charge in [-0.15, -0.1) is 0 Å². The molecule has 1 amide bonds. The lowest BCUT2D eigenvalue weighted by Gasteiger charge is -2.10. The second kappa shape index (κ2) is 8.39. The number of ether oxygens (including phenoxy) is 2. The summed E-state index contributed by atoms with van der Waals surface area (Å²) in [5, 5.41) is 2.93. The van der Waals surface area contributed by atoms with Gasteiger partial charge in [0, 0.05) is 18.2 Å². The van der Waals surface area contributed by atoms with Gasteiger partial charge in [0.2, 0.25) is 5.91 Å². The van der Waals surface area contributed by atoms with Crippen LogP contribution in [0.5, 0.6) is 11.5 Å². The maximum Gasteiger partial charge on any atom is 0.224 e. The van der Waals surface area contributed by atoms with E-state index in [9.17, 15) is 4.79 Å². The van der Waals surface area contributed by atoms with Gasteiger partial charge in [-0.1, -0.05) is 26.0 Å². The maximum atomic E-state index is 12.1. The van der Waals surface area contributed by atoms with E-state index in [0.717, 1.165) is 22.7 Å². The van der Waals surface area contributed by atoms with Gasteiger partial charge in [0.1, 0.15) is 11.5 Å². The summed E-state index contributed by atoms with van der Waals surface area (Å²) in [6, 6.07) is 13.7. The average molecular weight is 327 g/mol. The molecule has 4 heteroatoms. The predicted octanol–water partition coefficient (Wildman–Crippen LogP) is 4.40. The van der Waals surface area contributed by atoms with Gasteiger partial charge in [-0.05, 0) is 47.7 Å². The highest BCUT2D eigenvalue weighted by molar-refractivity contribution is 5.90. The van der Waals surface area contributed by atoms with Crippen molar-refractivity contribution < 1.29 is 14.3 Å². The number of nitrogens with one attached hydrogen (secondary N) is 1. The van der Waals surface area contributed by atoms with Crippen LogP contribution in [-0.4, -0.2) is 20.1 Å². The molecule has 0 bridgehead atoms. The molecule has 0 fully saturated rings. The van der Waals surface area contributed by atoms with Gasteiger partial charge in [0.25, 0.3) is 0 Å². The van der Waals surface area contributed by atoms with Crippen LogP contribution >= 0.6 is 0 Å². The Labute approximate surface area is 143 Å². The third-order valence-electron chi connectivity index (χ3n) is 3.91. The van der Waals surface area contributed by atoms with E-state index in [4.69, 9.17) is 9.47 Å². The van der Waals surface area contributed by atoms with E-state index in [2.05, 4.69) is 19.2 Å². The van der Waals surface area contributed by atoms with Crippen LogP contribution in [0.3, 0.4) is 0 Å². The summed E-state index contributed by atoms with van der Waals surface area (Å²) in [5.74, 6) is 1.94. The lowest BCUT2D eigenvalue weighted by atomic mass is 10.0. The molecule has 0 saturated heterocycles. The minimum absolute atomic E-state index is 0.00548. The molecule has 0 atom stereocenters. The molecule has 0 aliphatic carbocycles. The molecule has 0 spiro atoms. The first-order valence-corrected chi connectivity index (χ1v) is 8.13. The molecular formula is C20H25NO3. The van der Waals surface area contributed by atoms with Gasteiger partial charge in [-0.3, -0.25) is 4.79 Å². The van der Waals surface area contributed by atoms with Gasteiger partial charge in [-0.2, -0.15) is 0 Å². The number of rotatable bonds is 7. The van der Waals surface area contributed by atoms with E-state index in [1.165, 1.54) is 5.56 Å². The van der Waals surface area contributed by atoms with Crippen LogP contribution < -0.4 is 14.8 Å². The number of benzene rings is 2. The fourth-order valence-corrected chi connectivity index (χ4v) is 2.44. The highest BCUT2D eigenvalue weighted by Gasteiger charge is 2.07. The Kier molecular flexibility index (Phi) is 6.24. The Hall–Kier alpha value is -2.49. The number of carbonyl (C=O) groups excluding carboxylic acids is 1. The number of aryl methyl sites for hydroxylation is 1. The molecule has 0 radical (unpaired) electrons. The van der Waals surface area contributed by atoms with Gasteiger partial charge < -0.3 is 14.8 Å². The maximum absolute atomic E-state index is 12.1. The molecule has 0 unspecified atom stereocenters. The fourth-order valence-electron chi connectivity index (χ4n) is 2.44. The minimum Gasteiger partial charge on any atom is -0.497 e. The molecular weight excluding hydrogens is 302 g/mol. The normalized spacial score (nSPS) is 10.5. The monoisotopic (exact) mass is 327 g/mol. The predicted molar refractivity (Wildman–Crippen MR) is 97.0 cm³/mol. The zero-order valence-electron chi connectivity index (χ0n) is 14.8. The van der Waals surface area contributed by atoms with Crippen LogP contribution in [0.2, 0.25) is 0 Å². The Morgan fingerprint density at radius 2 is 1.58 bits per heavy atom. The molecule has 0 aliphatic heterocycles. The van der Waals surface area contributed by atoms with Gasteiger partial charge in [-0.25, -0.2) is 0 Å². The lowest BCUT2D eigenvalue weighted by Crippen LogP contribution is -2.12. The second-order valence-electron chi connectivity index (χ2n) is 6.05. The van der Waals surface area contributed by atoms with Crippen molar-refractivity contribution in [1.29, 1.82) is 0 Å². The SMILES string of the molecule is COc1cc(CCC(=O)Nc2ccc(C(C)C)cc2)cc(OC)c1. The molecule has 1 N–H and O–H groups in total. The molecule has 24 heavy (non-hydrogen) atoms. The number of anilines is 1. The molecule has 2 aromatic carbocycles. The fraction of sp³-hybridized carbons (Fsp3) is 0.350. The number of methoxy groups -OCH3 is 2. The number of carbonyl (C=O) groups is 1. The lowest BCUT2D eigenvalue weighted by molar-refractivity contribution is -0.116. The molecule has 0 saturated carbocycles. The van der Waals surface area contributed by atoms with Crippen molar-refractivity contribution >= 4 is 11.6 Å². The summed E-state index contributed by atoms with van der Waals surface area (Å²) in [6.45, 7) is 4.30. The Morgan fingerprint density at radius 1 is 1.00 bits per heavy atom. The topological polar surface area (TPSA) is 47.6 Å². The number of hydrogen-bond acceptors (Lipinski definition) is 3. The van der Waals surface area contributed by atoms with Crippen molar-refractivity contribution in [3.05, 3.63) is 53.6 Å². The summed E-state index contributed by atoms with van der Waals surface area (Å²) in [6.07, 6.45) is 1.03. The van der Waals surface area contributed by atoms with Gasteiger partial charge in [0.15, 0.2) is 0 Å². The van der Waals surface area contributed by atoms with Crippen LogP contribution in [0.1, 0.15) is 37.3 Å². The Balaban J connectivity index is 1.93. The zero-order valence-corrected chi connectivity index (χ0v) is 14.8. The zero-order chi connectivity index (χ0) is 17.5. The highest BCUT2D eigenvalue weighted by atomic mass is 16.5. The van der Waals surface area contributed by atoms with Crippen LogP contribution in [-0.2, 0) is 11.2 Å². The van der Waals surface area contributed by atoms with E-state index in [-0.39, 0.29) is 5.91 Å². The summed E-state index contributed by atoms with van der Waals surface area (Å²) in [4.78, 5) is 12.1. The van der Waals surface area contributed by atoms with Crippen LogP contribution in [0.15, 0.2) is 42.5 Å². The standard InChI is InChI=1S/C20H25NO3/c1-14(2)16-6-8-17(9-7-16)21-20(22)10-5-15-11-18(23-3)13-19(12-15)24-4/h6-9,11-14H,5,10H2,1-4H3,(H,21,22). The van der Waals surface area contributed by atoms with Crippen molar-refractivity contribution in [3.8, 4) is 11.5 Å². The quantitative estimate of drug-likeness (QED) is 0.820. The first kappa shape index (κ1) is 17.9. The van der Waals surface area contributed by atoms with Crippen molar-refractivity contribution in [2.75, 3.05) is 19.5 Å². The van der Waals surface area contributed by atoms with Crippen LogP contribution in [0, 0.1) is 0 Å². The third kappa shape index (κ3) is 5.01. The number of hydrogen-bond donors (Lipinski definition) is 1. The molecule has 0 aromatic heterocycles. The Morgan fingerprint density at radius 3 is 2.08 bits per heavy atom. The largest absolute Gasteiger partial charge is 0.497 e. The number of amides is 1. The smallest absolute Gasteiger partial charge is 0.224 e. The summed E-state index contributed by atoms with van der Waals surface area (Å²) >= 11 is 0. The van der Waals surface area contributed by atoms with E-state index in [1.807, 2.05) is 42.5 Å². The third-order valence-corrected chi connectivity index (χ3v) is 3.91. The van der Waals surface area contributed by atoms with Crippen molar-refractivity contribution in [2.24, 2.45) is 0 Å². The molecule has 0 heterocycles. The van der Waals surface area contributed by atoms with E-state index >= 15 is 0 Å². The summed E-state index contributed by atoms with van der Waals surface area (Å²) < 4.78 is 10.5. The van der Waals surface area contributed by atoms with Crippen molar-refractivity contribution in [2.45, 2.75) is 32.6 Å². The van der Waals surface area contributed by atoms with Gasteiger partial charge in [0.05, 0.1) is 14.2 Å². The first-order chi connectivity index (χ1) is 11.5. The van der Waals surface area contributed by atoms with E-state index in [0.29, 0.717) is 18.8 Å². The summed E-state index contributed by atoms with van der Waals surface area (Å²) in [7, 11) is 3.23. The van der Waals surface area contributed by atoms with E-state index < -0.39 is 0 Å². The Bertz CT molecular complexity index is 656. The molecule has 4 nitrogen and oxygen atoms in total. The highest BCUT2D eigenvalue weighted by Crippen LogP contribution is 2.23. The molecule has 0 aliphatic rings. The van der Waals surface area contributed by atoms with Crippen molar-refractivity contribution in [3.63, 3.8) is 0 Å². The molecule has 2 aromatic rings. The van der Waals surface area contributed by atoms with Gasteiger partial charge >= 0.3 is 0 Å². The van der Waals surface area contributed by atoms with Crippen LogP contribution in [0.25, 0.3) is 0 Å². The first-order valence-electron chi connectivity index (χ1n) is 8.13.